The van der Waals surface area contributed by atoms with Gasteiger partial charge in [-0.2, -0.15) is 9.97 Å². The van der Waals surface area contributed by atoms with Crippen LogP contribution in [0.2, 0.25) is 0 Å². The molecule has 4 aromatic carbocycles. The molecule has 10 rings (SSSR count). The summed E-state index contributed by atoms with van der Waals surface area (Å²) in [7, 11) is 3.20. The number of methoxy groups -OCH3 is 2. The van der Waals surface area contributed by atoms with Crippen molar-refractivity contribution in [2.75, 3.05) is 66.8 Å². The zero-order valence-electron chi connectivity index (χ0n) is 42.3. The summed E-state index contributed by atoms with van der Waals surface area (Å²) in [6.07, 6.45) is 3.36. The summed E-state index contributed by atoms with van der Waals surface area (Å²) in [6, 6.07) is 23.4. The predicted octanol–water partition coefficient (Wildman–Crippen LogP) is 5.57. The first kappa shape index (κ1) is 53.4. The number of carbonyl (C=O) groups is 4. The summed E-state index contributed by atoms with van der Waals surface area (Å²) in [5, 5.41) is 39.5. The van der Waals surface area contributed by atoms with Crippen molar-refractivity contribution in [3.05, 3.63) is 119 Å². The van der Waals surface area contributed by atoms with Gasteiger partial charge >= 0.3 is 5.97 Å². The number of benzene rings is 4. The fourth-order valence-corrected chi connectivity index (χ4v) is 9.50. The van der Waals surface area contributed by atoms with Gasteiger partial charge in [-0.15, -0.1) is 0 Å². The van der Waals surface area contributed by atoms with E-state index in [0.29, 0.717) is 97.5 Å². The molecule has 21 heteroatoms. The van der Waals surface area contributed by atoms with Gasteiger partial charge in [0.25, 0.3) is 11.8 Å². The van der Waals surface area contributed by atoms with Crippen LogP contribution in [0.1, 0.15) is 95.0 Å². The van der Waals surface area contributed by atoms with E-state index in [2.05, 4.69) is 25.6 Å². The Kier molecular flexibility index (Phi) is 17.7. The number of aromatic nitrogens is 4. The fraction of sp³-hybridized carbons (Fsp3) is 0.407. The van der Waals surface area contributed by atoms with Crippen LogP contribution >= 0.6 is 0 Å². The van der Waals surface area contributed by atoms with Crippen molar-refractivity contribution < 1.29 is 62.5 Å². The molecule has 2 fully saturated rings. The minimum absolute atomic E-state index is 0.0140. The Hall–Kier alpha value is -7.88. The van der Waals surface area contributed by atoms with E-state index in [1.165, 1.54) is 9.80 Å². The molecular weight excluding hydrogens is 969 g/mol. The number of carbonyl (C=O) groups excluding carboxylic acids is 3. The van der Waals surface area contributed by atoms with Gasteiger partial charge < -0.3 is 63.3 Å². The highest BCUT2D eigenvalue weighted by molar-refractivity contribution is 6.01. The van der Waals surface area contributed by atoms with Crippen molar-refractivity contribution in [2.24, 2.45) is 0 Å². The highest BCUT2D eigenvalue weighted by Crippen LogP contribution is 2.36. The highest BCUT2D eigenvalue weighted by atomic mass is 16.5. The van der Waals surface area contributed by atoms with Gasteiger partial charge in [0.05, 0.1) is 40.6 Å². The molecule has 3 amide bonds. The van der Waals surface area contributed by atoms with Crippen molar-refractivity contribution in [2.45, 2.75) is 76.5 Å². The first-order valence-corrected chi connectivity index (χ1v) is 25.0. The number of piperidine rings is 2. The van der Waals surface area contributed by atoms with Gasteiger partial charge in [0.1, 0.15) is 6.04 Å². The van der Waals surface area contributed by atoms with E-state index < -0.39 is 31.3 Å². The highest BCUT2D eigenvalue weighted by Gasteiger charge is 2.40. The number of nitrogens with one attached hydrogen (secondary N) is 1. The quantitative estimate of drug-likeness (QED) is 0.0924. The van der Waals surface area contributed by atoms with Gasteiger partial charge in [-0.3, -0.25) is 14.4 Å². The molecule has 2 aromatic heterocycles. The molecule has 0 saturated carbocycles. The lowest BCUT2D eigenvalue weighted by atomic mass is 9.96. The predicted molar refractivity (Wildman–Crippen MR) is 270 cm³/mol. The topological polar surface area (TPSA) is 265 Å². The van der Waals surface area contributed by atoms with E-state index in [0.717, 1.165) is 59.8 Å². The maximum atomic E-state index is 13.3. The molecule has 75 heavy (non-hydrogen) atoms. The number of nitrogens with zero attached hydrogens (tertiary/aromatic N) is 7. The number of carboxylic acids is 1. The van der Waals surface area contributed by atoms with E-state index in [-0.39, 0.29) is 30.2 Å². The molecule has 6 aromatic rings. The zero-order valence-corrected chi connectivity index (χ0v) is 42.3. The number of carboxylic acid groups (broad SMARTS) is 1. The first-order valence-electron chi connectivity index (χ1n) is 25.0. The van der Waals surface area contributed by atoms with Gasteiger partial charge in [-0.05, 0) is 112 Å². The number of rotatable bonds is 16. The number of aliphatic carboxylic acids is 1. The number of amides is 3. The second-order valence-electron chi connectivity index (χ2n) is 18.0. The van der Waals surface area contributed by atoms with Gasteiger partial charge in [0.2, 0.25) is 29.3 Å². The normalized spacial score (nSPS) is 16.2. The van der Waals surface area contributed by atoms with Crippen molar-refractivity contribution >= 4 is 23.7 Å². The zero-order chi connectivity index (χ0) is 53.0. The summed E-state index contributed by atoms with van der Waals surface area (Å²) in [5.41, 5.74) is 4.39. The van der Waals surface area contributed by atoms with Crippen molar-refractivity contribution in [1.29, 1.82) is 0 Å². The Morgan fingerprint density at radius 3 is 1.53 bits per heavy atom. The summed E-state index contributed by atoms with van der Waals surface area (Å²) in [6.45, 7) is 7.50. The van der Waals surface area contributed by atoms with Crippen LogP contribution in [0.4, 0.5) is 0 Å². The van der Waals surface area contributed by atoms with Crippen molar-refractivity contribution in [1.82, 2.24) is 40.3 Å². The van der Waals surface area contributed by atoms with Crippen LogP contribution in [-0.2, 0) is 22.7 Å². The molecule has 6 heterocycles. The van der Waals surface area contributed by atoms with Crippen LogP contribution in [0.25, 0.3) is 22.8 Å². The van der Waals surface area contributed by atoms with Gasteiger partial charge in [-0.1, -0.05) is 46.7 Å². The number of ether oxygens (including phenoxy) is 4. The van der Waals surface area contributed by atoms with Gasteiger partial charge in [0.15, 0.2) is 29.0 Å². The minimum atomic E-state index is -1.19. The number of likely N-dealkylation sites (tertiary alicyclic amines) is 1. The number of aliphatic hydroxyl groups is 2. The smallest absolute Gasteiger partial charge is 0.328 e. The lowest BCUT2D eigenvalue weighted by Gasteiger charge is -2.35. The van der Waals surface area contributed by atoms with Gasteiger partial charge in [-0.25, -0.2) is 4.79 Å². The molecule has 2 atom stereocenters. The molecular formula is C54H62N8O13. The van der Waals surface area contributed by atoms with Crippen molar-refractivity contribution in [3.63, 3.8) is 0 Å². The minimum Gasteiger partial charge on any atom is -0.493 e. The van der Waals surface area contributed by atoms with Crippen LogP contribution < -0.4 is 24.3 Å². The third-order valence-corrected chi connectivity index (χ3v) is 13.5. The molecule has 2 unspecified atom stereocenters. The standard InChI is InChI=1S/C27H30N4O6.C16H21N3O3.C11H11NO4/c1-3-36-22-9-8-18(14-23(22)35-2)24-28-25(37-29-24)17-10-12-30(13-11-17)27(34)21(16-32)31-15-19-6-4-5-7-20(19)26(31)33;1-3-21-13-5-4-12(10-14(13)20-2)15-18-16(22-19-15)11-6-8-17-9-7-11;13-6-9(11(15)16)12-5-7-3-1-2-4-8(7)10(12)14/h4-9,14,17,21,32H,3,10-13,15-16H2,1-2H3;4-5,10-11,17H,3,6-9H2,1-2H3;1-4,9,13H,5-6H2,(H,15,16). The molecule has 396 valence electrons. The maximum Gasteiger partial charge on any atom is 0.328 e. The second-order valence-corrected chi connectivity index (χ2v) is 18.0. The SMILES string of the molecule is CCOc1ccc(-c2noc(C3CCN(C(=O)C(CO)N4Cc5ccccc5C4=O)CC3)n2)cc1OC.CCOc1ccc(-c2noc(C3CCNCC3)n2)cc1OC.O=C(O)C(CO)N1Cc2ccccc2C1=O. The molecule has 2 saturated heterocycles. The van der Waals surface area contributed by atoms with E-state index in [1.807, 2.05) is 62.4 Å². The molecule has 0 bridgehead atoms. The van der Waals surface area contributed by atoms with E-state index >= 15 is 0 Å². The summed E-state index contributed by atoms with van der Waals surface area (Å²) in [4.78, 5) is 62.3. The third-order valence-electron chi connectivity index (χ3n) is 13.5. The van der Waals surface area contributed by atoms with Crippen molar-refractivity contribution in [3.8, 4) is 45.8 Å². The fourth-order valence-electron chi connectivity index (χ4n) is 9.50. The third kappa shape index (κ3) is 12.1. The summed E-state index contributed by atoms with van der Waals surface area (Å²) in [5.74, 6) is 3.32. The van der Waals surface area contributed by atoms with Crippen LogP contribution in [0.3, 0.4) is 0 Å². The molecule has 0 aliphatic carbocycles. The van der Waals surface area contributed by atoms with E-state index in [4.69, 9.17) is 38.2 Å². The van der Waals surface area contributed by atoms with Gasteiger partial charge in [0, 0.05) is 60.3 Å². The lowest BCUT2D eigenvalue weighted by molar-refractivity contribution is -0.143. The molecule has 0 spiro atoms. The molecule has 4 aliphatic heterocycles. The molecule has 21 nitrogen and oxygen atoms in total. The first-order chi connectivity index (χ1) is 36.5. The summed E-state index contributed by atoms with van der Waals surface area (Å²) >= 11 is 0. The van der Waals surface area contributed by atoms with Crippen LogP contribution in [0.15, 0.2) is 94.0 Å². The Morgan fingerprint density at radius 1 is 0.653 bits per heavy atom. The maximum absolute atomic E-state index is 13.3. The monoisotopic (exact) mass is 1030 g/mol. The largest absolute Gasteiger partial charge is 0.493 e. The average molecular weight is 1030 g/mol. The molecule has 4 aliphatic rings. The Labute approximate surface area is 433 Å². The van der Waals surface area contributed by atoms with Crippen LogP contribution in [0.5, 0.6) is 23.0 Å². The van der Waals surface area contributed by atoms with Crippen LogP contribution in [-0.4, -0.2) is 153 Å². The van der Waals surface area contributed by atoms with E-state index in [9.17, 15) is 24.3 Å². The summed E-state index contributed by atoms with van der Waals surface area (Å²) < 4.78 is 32.9. The number of fused-ring (bicyclic) bond motifs is 2. The number of aliphatic hydroxyl groups excluding tert-OH is 2. The Morgan fingerprint density at radius 2 is 1.11 bits per heavy atom. The van der Waals surface area contributed by atoms with E-state index in [1.54, 1.807) is 55.5 Å². The average Bonchev–Trinajstić information content (AvgIpc) is 4.27. The van der Waals surface area contributed by atoms with Crippen LogP contribution in [0, 0.1) is 0 Å². The Balaban J connectivity index is 0.000000166. The lowest BCUT2D eigenvalue weighted by Crippen LogP contribution is -2.52. The molecule has 4 N–H and O–H groups in total. The molecule has 0 radical (unpaired) electrons. The second kappa shape index (κ2) is 24.9. The Bertz CT molecular complexity index is 2930. The number of hydrogen-bond acceptors (Lipinski definition) is 17. The number of hydrogen-bond donors (Lipinski definition) is 4.